The lowest BCUT2D eigenvalue weighted by molar-refractivity contribution is 0.0954. The number of fused-ring (bicyclic) bond motifs is 1. The van der Waals surface area contributed by atoms with E-state index >= 15 is 0 Å². The average Bonchev–Trinajstić information content (AvgIpc) is 2.59. The molecule has 1 amide bonds. The second-order valence-corrected chi connectivity index (χ2v) is 5.37. The Morgan fingerprint density at radius 2 is 1.83 bits per heavy atom. The maximum atomic E-state index is 12.1. The van der Waals surface area contributed by atoms with Crippen molar-refractivity contribution in [1.82, 2.24) is 5.43 Å². The zero-order valence-electron chi connectivity index (χ0n) is 13.1. The molecule has 0 fully saturated rings. The van der Waals surface area contributed by atoms with Crippen LogP contribution in [0.1, 0.15) is 28.4 Å². The van der Waals surface area contributed by atoms with Crippen LogP contribution in [-0.2, 0) is 0 Å². The first kappa shape index (κ1) is 15.1. The first-order chi connectivity index (χ1) is 11.1. The molecule has 1 aliphatic heterocycles. The number of ether oxygens (including phenoxy) is 2. The van der Waals surface area contributed by atoms with Crippen molar-refractivity contribution in [3.05, 3.63) is 59.2 Å². The summed E-state index contributed by atoms with van der Waals surface area (Å²) in [5.74, 6) is 1.20. The number of hydrogen-bond donors (Lipinski definition) is 1. The number of hydrazone groups is 1. The van der Waals surface area contributed by atoms with Gasteiger partial charge in [-0.1, -0.05) is 17.7 Å². The number of aryl methyl sites for hydroxylation is 1. The van der Waals surface area contributed by atoms with E-state index in [1.165, 1.54) is 0 Å². The topological polar surface area (TPSA) is 59.9 Å². The van der Waals surface area contributed by atoms with Crippen molar-refractivity contribution in [1.29, 1.82) is 0 Å². The zero-order chi connectivity index (χ0) is 16.2. The van der Waals surface area contributed by atoms with Gasteiger partial charge in [0.15, 0.2) is 11.5 Å². The van der Waals surface area contributed by atoms with Crippen LogP contribution in [0.25, 0.3) is 0 Å². The number of rotatable bonds is 3. The predicted octanol–water partition coefficient (Wildman–Crippen LogP) is 2.92. The molecule has 0 saturated heterocycles. The fraction of sp³-hybridized carbons (Fsp3) is 0.222. The van der Waals surface area contributed by atoms with Gasteiger partial charge < -0.3 is 9.47 Å². The van der Waals surface area contributed by atoms with Gasteiger partial charge in [-0.05, 0) is 44.2 Å². The minimum Gasteiger partial charge on any atom is -0.486 e. The molecule has 0 aliphatic carbocycles. The van der Waals surface area contributed by atoms with Crippen LogP contribution in [0.4, 0.5) is 0 Å². The first-order valence-electron chi connectivity index (χ1n) is 7.45. The summed E-state index contributed by atoms with van der Waals surface area (Å²) in [7, 11) is 0. The highest BCUT2D eigenvalue weighted by Gasteiger charge is 2.13. The molecule has 3 rings (SSSR count). The van der Waals surface area contributed by atoms with Crippen molar-refractivity contribution in [2.75, 3.05) is 13.2 Å². The third-order valence-electron chi connectivity index (χ3n) is 3.57. The lowest BCUT2D eigenvalue weighted by Crippen LogP contribution is -2.19. The van der Waals surface area contributed by atoms with Crippen molar-refractivity contribution in [3.8, 4) is 11.5 Å². The Kier molecular flexibility index (Phi) is 4.28. The van der Waals surface area contributed by atoms with Gasteiger partial charge in [-0.3, -0.25) is 4.79 Å². The number of hydrogen-bond acceptors (Lipinski definition) is 4. The second-order valence-electron chi connectivity index (χ2n) is 5.37. The normalized spacial score (nSPS) is 13.6. The number of nitrogens with zero attached hydrogens (tertiary/aromatic N) is 1. The number of carbonyl (C=O) groups excluding carboxylic acids is 1. The van der Waals surface area contributed by atoms with Crippen LogP contribution < -0.4 is 14.9 Å². The van der Waals surface area contributed by atoms with E-state index in [2.05, 4.69) is 10.5 Å². The van der Waals surface area contributed by atoms with E-state index in [9.17, 15) is 4.79 Å². The molecule has 23 heavy (non-hydrogen) atoms. The minimum atomic E-state index is -0.231. The summed E-state index contributed by atoms with van der Waals surface area (Å²) in [4.78, 5) is 12.1. The molecule has 0 radical (unpaired) electrons. The summed E-state index contributed by atoms with van der Waals surface area (Å²) in [5.41, 5.74) is 5.77. The van der Waals surface area contributed by atoms with Crippen molar-refractivity contribution in [2.45, 2.75) is 13.8 Å². The van der Waals surface area contributed by atoms with Gasteiger partial charge in [0.2, 0.25) is 0 Å². The number of carbonyl (C=O) groups is 1. The van der Waals surface area contributed by atoms with Crippen LogP contribution in [0.5, 0.6) is 11.5 Å². The molecule has 0 aromatic heterocycles. The lowest BCUT2D eigenvalue weighted by Gasteiger charge is -2.18. The molecule has 0 spiro atoms. The number of nitrogens with one attached hydrogen (secondary N) is 1. The molecular formula is C18H18N2O3. The molecule has 118 valence electrons. The highest BCUT2D eigenvalue weighted by Crippen LogP contribution is 2.30. The molecular weight excluding hydrogens is 292 g/mol. The second kappa shape index (κ2) is 6.52. The number of benzene rings is 2. The molecule has 2 aromatic rings. The molecule has 0 unspecified atom stereocenters. The van der Waals surface area contributed by atoms with E-state index in [4.69, 9.17) is 9.47 Å². The Bertz CT molecular complexity index is 769. The van der Waals surface area contributed by atoms with E-state index < -0.39 is 0 Å². The van der Waals surface area contributed by atoms with E-state index in [0.29, 0.717) is 30.2 Å². The van der Waals surface area contributed by atoms with Gasteiger partial charge >= 0.3 is 0 Å². The van der Waals surface area contributed by atoms with Crippen LogP contribution in [0.15, 0.2) is 47.6 Å². The van der Waals surface area contributed by atoms with Gasteiger partial charge in [0.1, 0.15) is 13.2 Å². The highest BCUT2D eigenvalue weighted by molar-refractivity contribution is 6.01. The third-order valence-corrected chi connectivity index (χ3v) is 3.57. The van der Waals surface area contributed by atoms with Gasteiger partial charge in [0, 0.05) is 11.1 Å². The molecule has 0 bridgehead atoms. The summed E-state index contributed by atoms with van der Waals surface area (Å²) in [6.07, 6.45) is 0. The van der Waals surface area contributed by atoms with Gasteiger partial charge in [-0.25, -0.2) is 5.43 Å². The van der Waals surface area contributed by atoms with Gasteiger partial charge in [0.05, 0.1) is 5.71 Å². The molecule has 5 heteroatoms. The molecule has 5 nitrogen and oxygen atoms in total. The lowest BCUT2D eigenvalue weighted by atomic mass is 10.1. The SMILES string of the molecule is C/C(=N/NC(=O)c1cccc(C)c1)c1ccc2c(c1)OCCO2. The Balaban J connectivity index is 1.73. The van der Waals surface area contributed by atoms with Crippen molar-refractivity contribution >= 4 is 11.6 Å². The van der Waals surface area contributed by atoms with Crippen LogP contribution in [0.2, 0.25) is 0 Å². The van der Waals surface area contributed by atoms with E-state index in [1.807, 2.05) is 50.2 Å². The van der Waals surface area contributed by atoms with Gasteiger partial charge in [-0.15, -0.1) is 0 Å². The monoisotopic (exact) mass is 310 g/mol. The van der Waals surface area contributed by atoms with Crippen molar-refractivity contribution < 1.29 is 14.3 Å². The Labute approximate surface area is 134 Å². The standard InChI is InChI=1S/C18H18N2O3/c1-12-4-3-5-15(10-12)18(21)20-19-13(2)14-6-7-16-17(11-14)23-9-8-22-16/h3-7,10-11H,8-9H2,1-2H3,(H,20,21)/b19-13-. The maximum Gasteiger partial charge on any atom is 0.271 e. The van der Waals surface area contributed by atoms with E-state index in [1.54, 1.807) is 6.07 Å². The Hall–Kier alpha value is -2.82. The smallest absolute Gasteiger partial charge is 0.271 e. The van der Waals surface area contributed by atoms with Crippen LogP contribution in [-0.4, -0.2) is 24.8 Å². The molecule has 0 saturated carbocycles. The average molecular weight is 310 g/mol. The van der Waals surface area contributed by atoms with Gasteiger partial charge in [0.25, 0.3) is 5.91 Å². The minimum absolute atomic E-state index is 0.231. The van der Waals surface area contributed by atoms with Crippen molar-refractivity contribution in [3.63, 3.8) is 0 Å². The molecule has 1 aliphatic rings. The molecule has 1 heterocycles. The van der Waals surface area contributed by atoms with Gasteiger partial charge in [-0.2, -0.15) is 5.10 Å². The fourth-order valence-corrected chi connectivity index (χ4v) is 2.32. The maximum absolute atomic E-state index is 12.1. The largest absolute Gasteiger partial charge is 0.486 e. The summed E-state index contributed by atoms with van der Waals surface area (Å²) >= 11 is 0. The highest BCUT2D eigenvalue weighted by atomic mass is 16.6. The molecule has 0 atom stereocenters. The molecule has 2 aromatic carbocycles. The Morgan fingerprint density at radius 3 is 2.61 bits per heavy atom. The van der Waals surface area contributed by atoms with Crippen LogP contribution >= 0.6 is 0 Å². The van der Waals surface area contributed by atoms with Crippen LogP contribution in [0.3, 0.4) is 0 Å². The van der Waals surface area contributed by atoms with E-state index in [0.717, 1.165) is 16.9 Å². The first-order valence-corrected chi connectivity index (χ1v) is 7.45. The Morgan fingerprint density at radius 1 is 1.04 bits per heavy atom. The summed E-state index contributed by atoms with van der Waals surface area (Å²) in [6, 6.07) is 13.0. The molecule has 1 N–H and O–H groups in total. The quantitative estimate of drug-likeness (QED) is 0.700. The third kappa shape index (κ3) is 3.51. The summed E-state index contributed by atoms with van der Waals surface area (Å²) in [6.45, 7) is 4.88. The zero-order valence-corrected chi connectivity index (χ0v) is 13.1. The van der Waals surface area contributed by atoms with E-state index in [-0.39, 0.29) is 5.91 Å². The fourth-order valence-electron chi connectivity index (χ4n) is 2.32. The summed E-state index contributed by atoms with van der Waals surface area (Å²) < 4.78 is 11.0. The van der Waals surface area contributed by atoms with Crippen LogP contribution in [0, 0.1) is 6.92 Å². The predicted molar refractivity (Wildman–Crippen MR) is 88.3 cm³/mol. The summed E-state index contributed by atoms with van der Waals surface area (Å²) in [5, 5.41) is 4.17. The number of amides is 1. The van der Waals surface area contributed by atoms with Crippen molar-refractivity contribution in [2.24, 2.45) is 5.10 Å².